The van der Waals surface area contributed by atoms with Gasteiger partial charge in [0.1, 0.15) is 5.82 Å². The summed E-state index contributed by atoms with van der Waals surface area (Å²) in [4.78, 5) is 22.6. The molecule has 0 bridgehead atoms. The Labute approximate surface area is 177 Å². The summed E-state index contributed by atoms with van der Waals surface area (Å²) in [6.45, 7) is 2.57. The van der Waals surface area contributed by atoms with Crippen molar-refractivity contribution in [2.75, 3.05) is 24.5 Å². The number of pyridine rings is 1. The minimum atomic E-state index is -0.266. The van der Waals surface area contributed by atoms with Gasteiger partial charge < -0.3 is 14.9 Å². The number of hydrogen-bond acceptors (Lipinski definition) is 5. The molecule has 7 heteroatoms. The number of piperidine rings is 1. The summed E-state index contributed by atoms with van der Waals surface area (Å²) in [5.41, 5.74) is 1.85. The van der Waals surface area contributed by atoms with Gasteiger partial charge in [0.05, 0.1) is 17.7 Å². The van der Waals surface area contributed by atoms with Crippen LogP contribution in [0.3, 0.4) is 0 Å². The highest BCUT2D eigenvalue weighted by molar-refractivity contribution is 5.86. The number of aryl methyl sites for hydroxylation is 1. The molecule has 1 spiro atoms. The average Bonchev–Trinajstić information content (AvgIpc) is 3.33. The fourth-order valence-corrected chi connectivity index (χ4v) is 5.59. The summed E-state index contributed by atoms with van der Waals surface area (Å²) in [6.07, 6.45) is 12.0. The standard InChI is InChI=1S/C23H31N5O2/c1-26-15-18(14-25-26)17-3-8-21(24-13-17)27-11-2-9-23(16-27)10-12-28(22(23)30)19-4-6-20(29)7-5-19/h3,8,13-15,19-20,29H,2,4-7,9-12,16H2,1H3/t19-,20-,23-/m0/s1. The number of rotatable bonds is 3. The van der Waals surface area contributed by atoms with Crippen LogP contribution in [0.2, 0.25) is 0 Å². The number of anilines is 1. The Morgan fingerprint density at radius 3 is 2.60 bits per heavy atom. The topological polar surface area (TPSA) is 74.5 Å². The normalized spacial score (nSPS) is 29.7. The molecule has 1 N–H and O–H groups in total. The number of aliphatic hydroxyl groups is 1. The predicted octanol–water partition coefficient (Wildman–Crippen LogP) is 2.60. The monoisotopic (exact) mass is 409 g/mol. The zero-order chi connectivity index (χ0) is 20.7. The zero-order valence-corrected chi connectivity index (χ0v) is 17.7. The van der Waals surface area contributed by atoms with Gasteiger partial charge in [-0.1, -0.05) is 0 Å². The number of carbonyl (C=O) groups is 1. The van der Waals surface area contributed by atoms with Crippen LogP contribution < -0.4 is 4.90 Å². The summed E-state index contributed by atoms with van der Waals surface area (Å²) in [5.74, 6) is 1.29. The number of likely N-dealkylation sites (tertiary alicyclic amines) is 1. The van der Waals surface area contributed by atoms with Crippen LogP contribution in [0.5, 0.6) is 0 Å². The smallest absolute Gasteiger partial charge is 0.230 e. The molecule has 7 nitrogen and oxygen atoms in total. The van der Waals surface area contributed by atoms with E-state index in [0.717, 1.165) is 81.5 Å². The molecule has 2 aromatic rings. The zero-order valence-electron chi connectivity index (χ0n) is 17.7. The number of nitrogens with zero attached hydrogens (tertiary/aromatic N) is 5. The van der Waals surface area contributed by atoms with Gasteiger partial charge in [0, 0.05) is 56.2 Å². The SMILES string of the molecule is Cn1cc(-c2ccc(N3CCC[C@]4(CCN([C@H]5CC[C@H](O)CC5)C4=O)C3)nc2)cn1. The largest absolute Gasteiger partial charge is 0.393 e. The molecule has 1 atom stereocenters. The van der Waals surface area contributed by atoms with E-state index in [-0.39, 0.29) is 11.5 Å². The molecule has 1 aliphatic carbocycles. The minimum Gasteiger partial charge on any atom is -0.393 e. The van der Waals surface area contributed by atoms with E-state index in [0.29, 0.717) is 11.9 Å². The molecule has 30 heavy (non-hydrogen) atoms. The first-order chi connectivity index (χ1) is 14.5. The maximum absolute atomic E-state index is 13.5. The van der Waals surface area contributed by atoms with E-state index in [2.05, 4.69) is 27.0 Å². The number of amides is 1. The second kappa shape index (κ2) is 7.69. The highest BCUT2D eigenvalue weighted by atomic mass is 16.3. The van der Waals surface area contributed by atoms with E-state index in [9.17, 15) is 9.90 Å². The molecule has 2 saturated heterocycles. The predicted molar refractivity (Wildman–Crippen MR) is 115 cm³/mol. The first-order valence-corrected chi connectivity index (χ1v) is 11.2. The van der Waals surface area contributed by atoms with Crippen LogP contribution in [-0.4, -0.2) is 62.5 Å². The third-order valence-electron chi connectivity index (χ3n) is 7.34. The Balaban J connectivity index is 1.29. The molecule has 2 aliphatic heterocycles. The Bertz CT molecular complexity index is 903. The molecule has 5 rings (SSSR count). The second-order valence-corrected chi connectivity index (χ2v) is 9.32. The number of aromatic nitrogens is 3. The van der Waals surface area contributed by atoms with Gasteiger partial charge in [0.25, 0.3) is 0 Å². The van der Waals surface area contributed by atoms with Gasteiger partial charge in [0.2, 0.25) is 5.91 Å². The van der Waals surface area contributed by atoms with E-state index >= 15 is 0 Å². The van der Waals surface area contributed by atoms with E-state index in [1.807, 2.05) is 25.6 Å². The van der Waals surface area contributed by atoms with Crippen molar-refractivity contribution in [2.45, 2.75) is 57.1 Å². The van der Waals surface area contributed by atoms with Crippen molar-refractivity contribution in [3.63, 3.8) is 0 Å². The molecule has 3 fully saturated rings. The highest BCUT2D eigenvalue weighted by Gasteiger charge is 2.50. The van der Waals surface area contributed by atoms with Crippen molar-refractivity contribution in [1.82, 2.24) is 19.7 Å². The summed E-state index contributed by atoms with van der Waals surface area (Å²) in [7, 11) is 1.91. The van der Waals surface area contributed by atoms with Crippen molar-refractivity contribution in [3.8, 4) is 11.1 Å². The molecular formula is C23H31N5O2. The van der Waals surface area contributed by atoms with Crippen LogP contribution in [0.15, 0.2) is 30.7 Å². The maximum Gasteiger partial charge on any atom is 0.230 e. The molecule has 0 unspecified atom stereocenters. The summed E-state index contributed by atoms with van der Waals surface area (Å²) < 4.78 is 1.79. The lowest BCUT2D eigenvalue weighted by Crippen LogP contribution is -2.50. The van der Waals surface area contributed by atoms with Gasteiger partial charge >= 0.3 is 0 Å². The van der Waals surface area contributed by atoms with Gasteiger partial charge in [-0.25, -0.2) is 4.98 Å². The second-order valence-electron chi connectivity index (χ2n) is 9.32. The van der Waals surface area contributed by atoms with Crippen LogP contribution in [0, 0.1) is 5.41 Å². The summed E-state index contributed by atoms with van der Waals surface area (Å²) >= 11 is 0. The van der Waals surface area contributed by atoms with Crippen LogP contribution >= 0.6 is 0 Å². The average molecular weight is 410 g/mol. The molecule has 160 valence electrons. The third-order valence-corrected chi connectivity index (χ3v) is 7.34. The summed E-state index contributed by atoms with van der Waals surface area (Å²) in [5, 5.41) is 14.0. The third kappa shape index (κ3) is 3.49. The lowest BCUT2D eigenvalue weighted by atomic mass is 9.78. The Morgan fingerprint density at radius 2 is 1.90 bits per heavy atom. The Morgan fingerprint density at radius 1 is 1.07 bits per heavy atom. The quantitative estimate of drug-likeness (QED) is 0.844. The maximum atomic E-state index is 13.5. The van der Waals surface area contributed by atoms with Crippen molar-refractivity contribution < 1.29 is 9.90 Å². The lowest BCUT2D eigenvalue weighted by molar-refractivity contribution is -0.139. The number of carbonyl (C=O) groups excluding carboxylic acids is 1. The number of hydrogen-bond donors (Lipinski definition) is 1. The summed E-state index contributed by atoms with van der Waals surface area (Å²) in [6, 6.07) is 4.48. The van der Waals surface area contributed by atoms with Crippen molar-refractivity contribution in [1.29, 1.82) is 0 Å². The molecular weight excluding hydrogens is 378 g/mol. The lowest BCUT2D eigenvalue weighted by Gasteiger charge is -2.41. The van der Waals surface area contributed by atoms with Gasteiger partial charge in [-0.3, -0.25) is 9.48 Å². The molecule has 1 amide bonds. The van der Waals surface area contributed by atoms with E-state index < -0.39 is 0 Å². The van der Waals surface area contributed by atoms with Crippen molar-refractivity contribution >= 4 is 11.7 Å². The fourth-order valence-electron chi connectivity index (χ4n) is 5.59. The van der Waals surface area contributed by atoms with Crippen LogP contribution in [0.25, 0.3) is 11.1 Å². The van der Waals surface area contributed by atoms with Gasteiger partial charge in [0.15, 0.2) is 0 Å². The minimum absolute atomic E-state index is 0.182. The van der Waals surface area contributed by atoms with Crippen molar-refractivity contribution in [3.05, 3.63) is 30.7 Å². The molecule has 3 aliphatic rings. The van der Waals surface area contributed by atoms with Gasteiger partial charge in [-0.05, 0) is 57.1 Å². The molecule has 1 saturated carbocycles. The first-order valence-electron chi connectivity index (χ1n) is 11.2. The van der Waals surface area contributed by atoms with Crippen molar-refractivity contribution in [2.24, 2.45) is 12.5 Å². The molecule has 0 radical (unpaired) electrons. The first kappa shape index (κ1) is 19.5. The van der Waals surface area contributed by atoms with Gasteiger partial charge in [-0.15, -0.1) is 0 Å². The van der Waals surface area contributed by atoms with Gasteiger partial charge in [-0.2, -0.15) is 5.10 Å². The molecule has 4 heterocycles. The highest BCUT2D eigenvalue weighted by Crippen LogP contribution is 2.43. The van der Waals surface area contributed by atoms with E-state index in [1.54, 1.807) is 4.68 Å². The van der Waals surface area contributed by atoms with E-state index in [4.69, 9.17) is 4.98 Å². The van der Waals surface area contributed by atoms with Crippen LogP contribution in [-0.2, 0) is 11.8 Å². The Kier molecular flexibility index (Phi) is 5.01. The number of aliphatic hydroxyl groups excluding tert-OH is 1. The van der Waals surface area contributed by atoms with Crippen LogP contribution in [0.4, 0.5) is 5.82 Å². The molecule has 0 aromatic carbocycles. The molecule has 2 aromatic heterocycles. The van der Waals surface area contributed by atoms with E-state index in [1.165, 1.54) is 0 Å². The Hall–Kier alpha value is -2.41. The van der Waals surface area contributed by atoms with Crippen LogP contribution in [0.1, 0.15) is 44.9 Å². The fraction of sp³-hybridized carbons (Fsp3) is 0.609.